The Kier molecular flexibility index (Phi) is 14.0. The first-order valence-corrected chi connectivity index (χ1v) is 22.4. The largest absolute Gasteiger partial charge is 0.459 e. The monoisotopic (exact) mass is 776 g/mol. The molecule has 2 aromatic rings. The molecule has 0 amide bonds. The lowest BCUT2D eigenvalue weighted by Gasteiger charge is -2.49. The van der Waals surface area contributed by atoms with Crippen LogP contribution in [0.2, 0.25) is 18.1 Å². The van der Waals surface area contributed by atoms with Gasteiger partial charge in [-0.2, -0.15) is 0 Å². The van der Waals surface area contributed by atoms with Crippen LogP contribution in [0.4, 0.5) is 0 Å². The number of rotatable bonds is 11. The summed E-state index contributed by atoms with van der Waals surface area (Å²) >= 11 is 0. The van der Waals surface area contributed by atoms with Gasteiger partial charge in [0.1, 0.15) is 35.8 Å². The molecule has 0 radical (unpaired) electrons. The second kappa shape index (κ2) is 18.1. The molecule has 0 bridgehead atoms. The van der Waals surface area contributed by atoms with Crippen molar-refractivity contribution in [3.8, 4) is 11.8 Å². The van der Waals surface area contributed by atoms with Gasteiger partial charge < -0.3 is 32.2 Å². The molecule has 3 saturated heterocycles. The molecule has 9 atom stereocenters. The van der Waals surface area contributed by atoms with Crippen LogP contribution in [-0.2, 0) is 33.0 Å². The Hall–Kier alpha value is -3.60. The number of hydrogen-bond acceptors (Lipinski definition) is 11. The van der Waals surface area contributed by atoms with Gasteiger partial charge in [0.15, 0.2) is 14.2 Å². The SMILES string of the molecule is C=C1C[C@H](C[C@H]2CC(=O)C[C@@H](c3coc(/C=C/C[C@H]4O[C@@H](/C(C)=C/c5coc(C)n5)[C@H](C)[C@@H](O[Si](C)(C)C(C)(C)C)[C@H]4C)n3)O2)O[C@@H](CC#CC(=O)OC)C1. The minimum absolute atomic E-state index is 0.00548. The maximum atomic E-state index is 12.9. The molecule has 3 fully saturated rings. The number of ether oxygens (including phenoxy) is 4. The molecule has 3 aliphatic rings. The predicted molar refractivity (Wildman–Crippen MR) is 212 cm³/mol. The number of aryl methyl sites for hydroxylation is 1. The zero-order chi connectivity index (χ0) is 40.1. The Balaban J connectivity index is 1.23. The summed E-state index contributed by atoms with van der Waals surface area (Å²) in [5, 5.41) is 0.0687. The second-order valence-corrected chi connectivity index (χ2v) is 21.8. The third-order valence-corrected chi connectivity index (χ3v) is 16.0. The molecule has 0 aliphatic carbocycles. The van der Waals surface area contributed by atoms with Crippen LogP contribution in [0.15, 0.2) is 45.2 Å². The van der Waals surface area contributed by atoms with E-state index in [1.165, 1.54) is 7.11 Å². The average molecular weight is 777 g/mol. The maximum Gasteiger partial charge on any atom is 0.384 e. The molecule has 12 heteroatoms. The summed E-state index contributed by atoms with van der Waals surface area (Å²) in [5.41, 5.74) is 3.50. The van der Waals surface area contributed by atoms with Gasteiger partial charge in [-0.1, -0.05) is 58.8 Å². The highest BCUT2D eigenvalue weighted by Crippen LogP contribution is 2.44. The van der Waals surface area contributed by atoms with E-state index in [2.05, 4.69) is 82.8 Å². The van der Waals surface area contributed by atoms with Gasteiger partial charge in [-0.25, -0.2) is 14.8 Å². The zero-order valence-corrected chi connectivity index (χ0v) is 35.3. The Morgan fingerprint density at radius 3 is 2.44 bits per heavy atom. The molecule has 55 heavy (non-hydrogen) atoms. The number of oxazole rings is 2. The van der Waals surface area contributed by atoms with Crippen molar-refractivity contribution in [1.82, 2.24) is 9.97 Å². The number of esters is 1. The first-order chi connectivity index (χ1) is 25.9. The Morgan fingerprint density at radius 2 is 1.75 bits per heavy atom. The van der Waals surface area contributed by atoms with Gasteiger partial charge >= 0.3 is 5.97 Å². The Bertz CT molecular complexity index is 1790. The summed E-state index contributed by atoms with van der Waals surface area (Å²) in [6, 6.07) is 0. The normalized spacial score (nSPS) is 29.6. The van der Waals surface area contributed by atoms with E-state index in [0.717, 1.165) is 16.8 Å². The molecular weight excluding hydrogens is 717 g/mol. The van der Waals surface area contributed by atoms with Crippen LogP contribution in [0.25, 0.3) is 12.2 Å². The molecule has 3 aliphatic heterocycles. The average Bonchev–Trinajstić information content (AvgIpc) is 3.75. The van der Waals surface area contributed by atoms with Crippen molar-refractivity contribution in [1.29, 1.82) is 0 Å². The summed E-state index contributed by atoms with van der Waals surface area (Å²) in [6.45, 7) is 24.0. The van der Waals surface area contributed by atoms with Crippen LogP contribution in [0.1, 0.15) is 116 Å². The van der Waals surface area contributed by atoms with Gasteiger partial charge in [-0.15, -0.1) is 0 Å². The molecule has 0 saturated carbocycles. The van der Waals surface area contributed by atoms with Gasteiger partial charge in [0.05, 0.1) is 43.7 Å². The van der Waals surface area contributed by atoms with Crippen LogP contribution >= 0.6 is 0 Å². The first kappa shape index (κ1) is 42.5. The van der Waals surface area contributed by atoms with E-state index in [9.17, 15) is 9.59 Å². The van der Waals surface area contributed by atoms with Crippen LogP contribution in [-0.4, -0.2) is 73.8 Å². The van der Waals surface area contributed by atoms with Crippen LogP contribution in [0.3, 0.4) is 0 Å². The van der Waals surface area contributed by atoms with E-state index in [1.807, 2.05) is 25.2 Å². The van der Waals surface area contributed by atoms with Crippen molar-refractivity contribution in [2.45, 2.75) is 154 Å². The molecule has 0 spiro atoms. The fourth-order valence-electron chi connectivity index (χ4n) is 7.53. The molecular formula is C43H60N2O9Si. The van der Waals surface area contributed by atoms with Gasteiger partial charge in [-0.3, -0.25) is 4.79 Å². The van der Waals surface area contributed by atoms with Crippen LogP contribution in [0, 0.1) is 30.6 Å². The molecule has 0 unspecified atom stereocenters. The first-order valence-electron chi connectivity index (χ1n) is 19.5. The standard InChI is InChI=1S/C43H60N2O9Si/c1-26-18-33(14-12-17-40(47)48-9)51-34(19-26)23-35-21-32(46)22-38(52-35)36-25-50-39(45-36)16-13-15-37-28(3)42(54-55(10,11)43(6,7)8)29(4)41(53-37)27(2)20-31-24-49-30(5)44-31/h13,16,20,24-25,28-29,33-35,37-38,41-42H,1,14-15,18-19,21-23H2,2-11H3/b16-13+,27-20+/t28-,29-,33-,34+,35+,37+,38-,41-,42-/m0/s1. The van der Waals surface area contributed by atoms with Crippen molar-refractivity contribution in [2.24, 2.45) is 11.8 Å². The number of Topliss-reactive ketones (excluding diaryl/α,β-unsaturated/α-hetero) is 1. The summed E-state index contributed by atoms with van der Waals surface area (Å²) in [4.78, 5) is 33.5. The smallest absolute Gasteiger partial charge is 0.384 e. The number of hydrogen-bond donors (Lipinski definition) is 0. The maximum absolute atomic E-state index is 12.9. The molecule has 300 valence electrons. The van der Waals surface area contributed by atoms with E-state index < -0.39 is 20.4 Å². The van der Waals surface area contributed by atoms with Crippen molar-refractivity contribution in [3.63, 3.8) is 0 Å². The molecule has 5 rings (SSSR count). The molecule has 0 N–H and O–H groups in total. The van der Waals surface area contributed by atoms with E-state index in [1.54, 1.807) is 12.5 Å². The summed E-state index contributed by atoms with van der Waals surface area (Å²) < 4.78 is 42.6. The third-order valence-electron chi connectivity index (χ3n) is 11.5. The number of ketones is 1. The summed E-state index contributed by atoms with van der Waals surface area (Å²) in [6.07, 6.45) is 11.2. The van der Waals surface area contributed by atoms with Crippen molar-refractivity contribution >= 4 is 32.2 Å². The van der Waals surface area contributed by atoms with Gasteiger partial charge in [0.25, 0.3) is 0 Å². The third kappa shape index (κ3) is 11.3. The lowest BCUT2D eigenvalue weighted by molar-refractivity contribution is -0.143. The second-order valence-electron chi connectivity index (χ2n) is 17.0. The van der Waals surface area contributed by atoms with Crippen LogP contribution < -0.4 is 0 Å². The van der Waals surface area contributed by atoms with Gasteiger partial charge in [0.2, 0.25) is 5.89 Å². The lowest BCUT2D eigenvalue weighted by atomic mass is 9.79. The molecule has 2 aromatic heterocycles. The van der Waals surface area contributed by atoms with Gasteiger partial charge in [-0.05, 0) is 62.0 Å². The Labute approximate surface area is 327 Å². The summed E-state index contributed by atoms with van der Waals surface area (Å²) in [5.74, 6) is 6.16. The van der Waals surface area contributed by atoms with E-state index in [-0.39, 0.29) is 65.7 Å². The zero-order valence-electron chi connectivity index (χ0n) is 34.3. The quantitative estimate of drug-likeness (QED) is 0.0713. The topological polar surface area (TPSA) is 132 Å². The van der Waals surface area contributed by atoms with E-state index in [0.29, 0.717) is 56.0 Å². The summed E-state index contributed by atoms with van der Waals surface area (Å²) in [7, 11) is -0.788. The number of methoxy groups -OCH3 is 1. The minimum Gasteiger partial charge on any atom is -0.459 e. The van der Waals surface area contributed by atoms with Crippen molar-refractivity contribution in [3.05, 3.63) is 59.5 Å². The molecule has 0 aromatic carbocycles. The van der Waals surface area contributed by atoms with Crippen molar-refractivity contribution in [2.75, 3.05) is 7.11 Å². The number of nitrogens with zero attached hydrogens (tertiary/aromatic N) is 2. The highest BCUT2D eigenvalue weighted by atomic mass is 28.4. The Morgan fingerprint density at radius 1 is 1.02 bits per heavy atom. The minimum atomic E-state index is -2.09. The molecule has 5 heterocycles. The highest BCUT2D eigenvalue weighted by molar-refractivity contribution is 6.74. The predicted octanol–water partition coefficient (Wildman–Crippen LogP) is 8.76. The highest BCUT2D eigenvalue weighted by Gasteiger charge is 2.47. The lowest BCUT2D eigenvalue weighted by Crippen LogP contribution is -2.55. The van der Waals surface area contributed by atoms with Crippen molar-refractivity contribution < 1.29 is 41.8 Å². The van der Waals surface area contributed by atoms with E-state index in [4.69, 9.17) is 32.5 Å². The van der Waals surface area contributed by atoms with Crippen LogP contribution in [0.5, 0.6) is 0 Å². The molecule has 11 nitrogen and oxygen atoms in total. The fraction of sp³-hybridized carbons (Fsp3) is 0.628. The number of aromatic nitrogens is 2. The number of carbonyl (C=O) groups excluding carboxylic acids is 2. The fourth-order valence-corrected chi connectivity index (χ4v) is 9.00. The van der Waals surface area contributed by atoms with Gasteiger partial charge in [0, 0.05) is 50.4 Å². The van der Waals surface area contributed by atoms with E-state index >= 15 is 0 Å². The number of carbonyl (C=O) groups is 2.